The van der Waals surface area contributed by atoms with Crippen LogP contribution in [0.5, 0.6) is 0 Å². The molecule has 5 N–H and O–H groups in total. The number of anilines is 1. The first-order valence-electron chi connectivity index (χ1n) is 25.2. The Morgan fingerprint density at radius 3 is 1.15 bits per heavy atom. The molecule has 19 nitrogen and oxygen atoms in total. The summed E-state index contributed by atoms with van der Waals surface area (Å²) >= 11 is 29.1. The number of hydrogen-bond acceptors (Lipinski definition) is 18. The van der Waals surface area contributed by atoms with Crippen LogP contribution in [0.25, 0.3) is 43.6 Å². The van der Waals surface area contributed by atoms with Crippen LogP contribution in [0, 0.1) is 20.8 Å². The minimum absolute atomic E-state index is 0. The number of aromatic amines is 1. The van der Waals surface area contributed by atoms with Gasteiger partial charge < -0.3 is 16.5 Å². The number of amides is 1. The molecule has 32 heteroatoms. The van der Waals surface area contributed by atoms with Crippen molar-refractivity contribution in [1.82, 2.24) is 36.8 Å². The molecule has 0 saturated heterocycles. The topological polar surface area (TPSA) is 288 Å². The molecule has 0 bridgehead atoms. The van der Waals surface area contributed by atoms with Gasteiger partial charge in [0.05, 0.1) is 73.7 Å². The van der Waals surface area contributed by atoms with E-state index in [0.717, 1.165) is 46.6 Å². The summed E-state index contributed by atoms with van der Waals surface area (Å²) in [7, 11) is -10.2. The number of ketones is 2. The zero-order valence-electron chi connectivity index (χ0n) is 47.2. The molecule has 0 atom stereocenters. The van der Waals surface area contributed by atoms with Gasteiger partial charge in [0.25, 0.3) is 30.1 Å². The van der Waals surface area contributed by atoms with Crippen LogP contribution in [0.4, 0.5) is 5.82 Å². The number of H-pyrrole nitrogens is 1. The fraction of sp³-hybridized carbons (Fsp3) is 0.140. The number of carbonyl (C=O) groups excluding carboxylic acids is 3. The third-order valence-electron chi connectivity index (χ3n) is 12.5. The molecule has 8 heterocycles. The van der Waals surface area contributed by atoms with Gasteiger partial charge in [-0.15, -0.1) is 0 Å². The number of nitrogens with one attached hydrogen (secondary N) is 1. The van der Waals surface area contributed by atoms with Crippen molar-refractivity contribution in [3.8, 4) is 0 Å². The molecule has 8 aromatic heterocycles. The lowest BCUT2D eigenvalue weighted by atomic mass is 10.2. The minimum atomic E-state index is -3.74. The summed E-state index contributed by atoms with van der Waals surface area (Å²) < 4.78 is 83.5. The fourth-order valence-corrected chi connectivity index (χ4v) is 14.8. The molecular formula is C57H52Br4N10O9S9. The van der Waals surface area contributed by atoms with Crippen molar-refractivity contribution in [3.05, 3.63) is 198 Å². The van der Waals surface area contributed by atoms with Gasteiger partial charge in [-0.25, -0.2) is 42.2 Å². The van der Waals surface area contributed by atoms with Gasteiger partial charge in [-0.1, -0.05) is 53.1 Å². The summed E-state index contributed by atoms with van der Waals surface area (Å²) in [6.45, 7) is 8.76. The Kier molecular flexibility index (Phi) is 27.0. The Balaban J connectivity index is 0.000000213. The van der Waals surface area contributed by atoms with Crippen LogP contribution in [0.15, 0.2) is 179 Å². The number of aromatic nitrogens is 8. The van der Waals surface area contributed by atoms with E-state index in [1.165, 1.54) is 56.0 Å². The smallest absolute Gasteiger partial charge is 0.268 e. The first-order valence-corrected chi connectivity index (χ1v) is 36.7. The van der Waals surface area contributed by atoms with E-state index in [0.29, 0.717) is 69.8 Å². The molecule has 0 aliphatic heterocycles. The third-order valence-corrected chi connectivity index (χ3v) is 20.1. The number of aryl methyl sites for hydroxylation is 3. The predicted molar refractivity (Wildman–Crippen MR) is 381 cm³/mol. The number of Topliss-reactive ketones (excluding diaryl/α,β-unsaturated/α-hetero) is 2. The lowest BCUT2D eigenvalue weighted by Crippen LogP contribution is -2.15. The summed E-state index contributed by atoms with van der Waals surface area (Å²) in [5.41, 5.74) is 18.1. The van der Waals surface area contributed by atoms with Crippen molar-refractivity contribution >= 4 is 228 Å². The molecule has 0 saturated carbocycles. The second-order valence-electron chi connectivity index (χ2n) is 19.1. The van der Waals surface area contributed by atoms with Gasteiger partial charge in [-0.05, 0) is 159 Å². The molecule has 466 valence electrons. The van der Waals surface area contributed by atoms with Crippen molar-refractivity contribution in [2.24, 2.45) is 5.73 Å². The number of rotatable bonds is 12. The standard InChI is InChI=1S/C17H15BrN2O3S.C16H14BrN3O3S.C14H12BrN3O2S.C10H9BrN2O.S3.S2.H2S/c1-11-3-5-14(6-4-11)24(22,23)20-10-16(18)15-8-13(7-12(2)21)19-9-17(15)20;1-10-2-4-12(5-3-10)24(22,23)20-9-14(17)13-6-11(7-16(18)21)19-8-15(13)20;1-9-2-4-10(5-3-9)21(19,20)18-8-12(15)11-6-14(16)17-7-13(11)18;1-6(14)2-7-3-8-9(11)4-13-10(8)5-12-7;1-3-2;1-2;/h3-6,8-10H,7H2,1-2H3;2-6,8-9H,7H2,1H3,(H2,18,21);2-8H,1H3,(H2,16,17);3-5,13H,2H2,1H3;;;1H2. The number of benzene rings is 3. The first kappa shape index (κ1) is 74.0. The van der Waals surface area contributed by atoms with Crippen molar-refractivity contribution in [3.63, 3.8) is 0 Å². The number of primary amides is 1. The maximum Gasteiger partial charge on any atom is 0.268 e. The molecule has 89 heavy (non-hydrogen) atoms. The van der Waals surface area contributed by atoms with E-state index in [1.807, 2.05) is 33.0 Å². The van der Waals surface area contributed by atoms with E-state index in [-0.39, 0.29) is 52.6 Å². The molecule has 11 rings (SSSR count). The average molecular weight is 1630 g/mol. The molecule has 0 aliphatic rings. The third kappa shape index (κ3) is 18.5. The lowest BCUT2D eigenvalue weighted by molar-refractivity contribution is -0.118. The van der Waals surface area contributed by atoms with E-state index in [4.69, 9.17) is 11.5 Å². The monoisotopic (exact) mass is 1620 g/mol. The summed E-state index contributed by atoms with van der Waals surface area (Å²) in [4.78, 5) is 53.4. The van der Waals surface area contributed by atoms with Crippen LogP contribution in [0.1, 0.15) is 47.6 Å². The highest BCUT2D eigenvalue weighted by Crippen LogP contribution is 2.33. The first-order chi connectivity index (χ1) is 41.5. The lowest BCUT2D eigenvalue weighted by Gasteiger charge is -2.08. The van der Waals surface area contributed by atoms with Crippen LogP contribution >= 0.6 is 77.2 Å². The SMILES string of the molecule is CC(=O)Cc1cc2c(Br)c[nH]c2cn1.CC(=O)Cc1cc2c(Br)cn(S(=O)(=O)c3ccc(C)cc3)c2cn1.Cc1ccc(S(=O)(=O)n2cc(Br)c3cc(CC(N)=O)ncc32)cc1.Cc1ccc(S(=O)(=O)n2cc(Br)c3cc(N)ncc32)cc1.S.S=S.S=S=S. The molecular weight excluding hydrogens is 1580 g/mol. The van der Waals surface area contributed by atoms with Crippen LogP contribution in [0.2, 0.25) is 0 Å². The maximum absolute atomic E-state index is 12.9. The van der Waals surface area contributed by atoms with Crippen molar-refractivity contribution in [1.29, 1.82) is 0 Å². The van der Waals surface area contributed by atoms with Crippen molar-refractivity contribution in [2.45, 2.75) is 68.6 Å². The normalized spacial score (nSPS) is 11.0. The molecule has 0 radical (unpaired) electrons. The largest absolute Gasteiger partial charge is 0.384 e. The summed E-state index contributed by atoms with van der Waals surface area (Å²) in [5, 5.41) is 3.13. The van der Waals surface area contributed by atoms with Crippen LogP contribution in [-0.4, -0.2) is 79.6 Å². The molecule has 11 aromatic rings. The summed E-state index contributed by atoms with van der Waals surface area (Å²) in [6.07, 6.45) is 13.1. The number of fused-ring (bicyclic) bond motifs is 4. The Hall–Kier alpha value is -5.75. The summed E-state index contributed by atoms with van der Waals surface area (Å²) in [5.74, 6) is -0.0217. The van der Waals surface area contributed by atoms with Gasteiger partial charge in [0.2, 0.25) is 5.91 Å². The number of nitrogen functional groups attached to an aromatic ring is 1. The van der Waals surface area contributed by atoms with E-state index >= 15 is 0 Å². The van der Waals surface area contributed by atoms with E-state index in [2.05, 4.69) is 133 Å². The van der Waals surface area contributed by atoms with Gasteiger partial charge in [0, 0.05) is 142 Å². The zero-order valence-corrected chi connectivity index (χ0v) is 61.1. The number of nitrogens with zero attached hydrogens (tertiary/aromatic N) is 7. The van der Waals surface area contributed by atoms with E-state index in [1.54, 1.807) is 104 Å². The second-order valence-corrected chi connectivity index (χ2v) is 29.7. The second kappa shape index (κ2) is 32.5. The average Bonchev–Trinajstić information content (AvgIpc) is 2.03. The van der Waals surface area contributed by atoms with E-state index < -0.39 is 36.0 Å². The van der Waals surface area contributed by atoms with Crippen molar-refractivity contribution < 1.29 is 39.6 Å². The van der Waals surface area contributed by atoms with Crippen LogP contribution in [0.3, 0.4) is 0 Å². The predicted octanol–water partition coefficient (Wildman–Crippen LogP) is 11.3. The Morgan fingerprint density at radius 2 is 0.809 bits per heavy atom. The Bertz CT molecular complexity index is 4640. The van der Waals surface area contributed by atoms with Gasteiger partial charge in [0.1, 0.15) is 17.4 Å². The Labute approximate surface area is 576 Å². The maximum atomic E-state index is 12.9. The number of halogens is 4. The van der Waals surface area contributed by atoms with Crippen LogP contribution < -0.4 is 11.5 Å². The number of nitrogens with two attached hydrogens (primary N) is 2. The number of pyridine rings is 4. The molecule has 1 amide bonds. The van der Waals surface area contributed by atoms with Gasteiger partial charge >= 0.3 is 0 Å². The molecule has 0 spiro atoms. The number of hydrogen-bond donors (Lipinski definition) is 3. The highest BCUT2D eigenvalue weighted by atomic mass is 79.9. The van der Waals surface area contributed by atoms with Crippen LogP contribution in [-0.2, 0) is 117 Å². The van der Waals surface area contributed by atoms with Gasteiger partial charge in [0.15, 0.2) is 0 Å². The number of carbonyl (C=O) groups is 3. The molecule has 0 fully saturated rings. The quantitative estimate of drug-likeness (QED) is 0.102. The highest BCUT2D eigenvalue weighted by molar-refractivity contribution is 9.11. The minimum Gasteiger partial charge on any atom is -0.384 e. The fourth-order valence-electron chi connectivity index (χ4n) is 8.35. The molecule has 3 aromatic carbocycles. The van der Waals surface area contributed by atoms with E-state index in [9.17, 15) is 39.6 Å². The van der Waals surface area contributed by atoms with Gasteiger partial charge in [-0.3, -0.25) is 29.3 Å². The van der Waals surface area contributed by atoms with Crippen molar-refractivity contribution in [2.75, 3.05) is 5.73 Å². The molecule has 0 aliphatic carbocycles. The zero-order chi connectivity index (χ0) is 65.0. The molecule has 0 unspecified atom stereocenters. The Morgan fingerprint density at radius 1 is 0.506 bits per heavy atom. The summed E-state index contributed by atoms with van der Waals surface area (Å²) in [6, 6.07) is 27.0. The highest BCUT2D eigenvalue weighted by Gasteiger charge is 2.24. The van der Waals surface area contributed by atoms with Gasteiger partial charge in [-0.2, -0.15) is 13.5 Å².